The van der Waals surface area contributed by atoms with Gasteiger partial charge in [-0.3, -0.25) is 4.79 Å². The lowest BCUT2D eigenvalue weighted by Gasteiger charge is -1.90. The van der Waals surface area contributed by atoms with Crippen LogP contribution in [0.1, 0.15) is 10.5 Å². The van der Waals surface area contributed by atoms with Gasteiger partial charge in [-0.2, -0.15) is 0 Å². The van der Waals surface area contributed by atoms with Gasteiger partial charge in [-0.1, -0.05) is 11.6 Å². The summed E-state index contributed by atoms with van der Waals surface area (Å²) in [7, 11) is 0. The Labute approximate surface area is 73.4 Å². The van der Waals surface area contributed by atoms with Gasteiger partial charge in [0, 0.05) is 6.20 Å². The second kappa shape index (κ2) is 2.60. The minimum absolute atomic E-state index is 0.393. The van der Waals surface area contributed by atoms with Crippen LogP contribution in [0.15, 0.2) is 18.3 Å². The Morgan fingerprint density at radius 2 is 2.33 bits per heavy atom. The molecule has 0 radical (unpaired) electrons. The molecule has 12 heavy (non-hydrogen) atoms. The number of carbonyl (C=O) groups excluding carboxylic acids is 1. The lowest BCUT2D eigenvalue weighted by atomic mass is 10.3. The molecule has 0 aliphatic heterocycles. The molecule has 0 aliphatic rings. The molecule has 2 aromatic rings. The fourth-order valence-electron chi connectivity index (χ4n) is 1.05. The highest BCUT2D eigenvalue weighted by atomic mass is 35.5. The first kappa shape index (κ1) is 7.31. The van der Waals surface area contributed by atoms with Gasteiger partial charge in [0.05, 0.1) is 10.5 Å². The first-order valence-corrected chi connectivity index (χ1v) is 3.78. The van der Waals surface area contributed by atoms with E-state index in [1.165, 1.54) is 0 Å². The smallest absolute Gasteiger partial charge is 0.168 e. The molecule has 0 aliphatic carbocycles. The molecule has 4 heteroatoms. The molecule has 0 atom stereocenters. The van der Waals surface area contributed by atoms with Crippen molar-refractivity contribution in [1.82, 2.24) is 9.97 Å². The molecule has 3 nitrogen and oxygen atoms in total. The molecule has 2 rings (SSSR count). The van der Waals surface area contributed by atoms with E-state index in [1.807, 2.05) is 0 Å². The molecule has 0 bridgehead atoms. The van der Waals surface area contributed by atoms with Crippen LogP contribution in [0.2, 0.25) is 5.02 Å². The van der Waals surface area contributed by atoms with Crippen LogP contribution in [-0.4, -0.2) is 16.3 Å². The Morgan fingerprint density at radius 3 is 3.08 bits per heavy atom. The fourth-order valence-corrected chi connectivity index (χ4v) is 1.25. The van der Waals surface area contributed by atoms with E-state index < -0.39 is 0 Å². The normalized spacial score (nSPS) is 10.4. The second-order valence-corrected chi connectivity index (χ2v) is 2.79. The van der Waals surface area contributed by atoms with E-state index in [4.69, 9.17) is 11.6 Å². The molecule has 2 heterocycles. The number of pyridine rings is 1. The summed E-state index contributed by atoms with van der Waals surface area (Å²) in [4.78, 5) is 17.3. The maximum atomic E-state index is 10.4. The first-order valence-electron chi connectivity index (χ1n) is 3.40. The van der Waals surface area contributed by atoms with Crippen molar-refractivity contribution < 1.29 is 4.79 Å². The quantitative estimate of drug-likeness (QED) is 0.683. The number of nitrogens with one attached hydrogen (secondary N) is 1. The van der Waals surface area contributed by atoms with E-state index in [9.17, 15) is 4.79 Å². The summed E-state index contributed by atoms with van der Waals surface area (Å²) in [5, 5.41) is 0.536. The van der Waals surface area contributed by atoms with Gasteiger partial charge in [0.1, 0.15) is 11.2 Å². The van der Waals surface area contributed by atoms with Gasteiger partial charge in [-0.05, 0) is 12.1 Å². The standard InChI is InChI=1S/C8H5ClN2O/c9-6-3-10-7-2-1-5(4-12)11-8(6)7/h1-4,10H. The maximum Gasteiger partial charge on any atom is 0.168 e. The summed E-state index contributed by atoms with van der Waals surface area (Å²) < 4.78 is 0. The average molecular weight is 181 g/mol. The van der Waals surface area contributed by atoms with Gasteiger partial charge in [0.2, 0.25) is 0 Å². The molecule has 0 spiro atoms. The molecule has 2 aromatic heterocycles. The number of rotatable bonds is 1. The summed E-state index contributed by atoms with van der Waals surface area (Å²) in [6.07, 6.45) is 2.34. The number of aromatic amines is 1. The largest absolute Gasteiger partial charge is 0.358 e. The number of hydrogen-bond donors (Lipinski definition) is 1. The minimum Gasteiger partial charge on any atom is -0.358 e. The predicted molar refractivity (Wildman–Crippen MR) is 46.5 cm³/mol. The van der Waals surface area contributed by atoms with Gasteiger partial charge in [-0.25, -0.2) is 4.98 Å². The first-order chi connectivity index (χ1) is 5.81. The highest BCUT2D eigenvalue weighted by molar-refractivity contribution is 6.35. The Balaban J connectivity index is 2.79. The topological polar surface area (TPSA) is 45.8 Å². The molecule has 0 amide bonds. The molecule has 0 unspecified atom stereocenters. The molecule has 60 valence electrons. The van der Waals surface area contributed by atoms with E-state index in [0.29, 0.717) is 22.5 Å². The van der Waals surface area contributed by atoms with E-state index >= 15 is 0 Å². The summed E-state index contributed by atoms with van der Waals surface area (Å²) in [6.45, 7) is 0. The van der Waals surface area contributed by atoms with Crippen molar-refractivity contribution in [2.24, 2.45) is 0 Å². The van der Waals surface area contributed by atoms with Gasteiger partial charge in [0.25, 0.3) is 0 Å². The van der Waals surface area contributed by atoms with Crippen LogP contribution in [0.5, 0.6) is 0 Å². The number of hydrogen-bond acceptors (Lipinski definition) is 2. The van der Waals surface area contributed by atoms with E-state index in [0.717, 1.165) is 5.52 Å². The number of nitrogens with zero attached hydrogens (tertiary/aromatic N) is 1. The zero-order valence-electron chi connectivity index (χ0n) is 6.04. The molecule has 0 fully saturated rings. The third-order valence-electron chi connectivity index (χ3n) is 1.62. The Hall–Kier alpha value is -1.35. The number of halogens is 1. The van der Waals surface area contributed by atoms with Gasteiger partial charge >= 0.3 is 0 Å². The molecule has 1 N–H and O–H groups in total. The van der Waals surface area contributed by atoms with Crippen molar-refractivity contribution in [2.75, 3.05) is 0 Å². The second-order valence-electron chi connectivity index (χ2n) is 2.39. The van der Waals surface area contributed by atoms with Crippen LogP contribution < -0.4 is 0 Å². The SMILES string of the molecule is O=Cc1ccc2[nH]cc(Cl)c2n1. The molecule has 0 aromatic carbocycles. The summed E-state index contributed by atoms with van der Waals surface area (Å²) in [6, 6.07) is 3.42. The lowest BCUT2D eigenvalue weighted by Crippen LogP contribution is -1.85. The van der Waals surface area contributed by atoms with E-state index in [1.54, 1.807) is 18.3 Å². The third-order valence-corrected chi connectivity index (χ3v) is 1.91. The maximum absolute atomic E-state index is 10.4. The van der Waals surface area contributed by atoms with Crippen LogP contribution >= 0.6 is 11.6 Å². The minimum atomic E-state index is 0.393. The van der Waals surface area contributed by atoms with Crippen molar-refractivity contribution in [2.45, 2.75) is 0 Å². The summed E-state index contributed by atoms with van der Waals surface area (Å²) in [5.41, 5.74) is 1.87. The highest BCUT2D eigenvalue weighted by Crippen LogP contribution is 2.20. The number of fused-ring (bicyclic) bond motifs is 1. The monoisotopic (exact) mass is 180 g/mol. The number of carbonyl (C=O) groups is 1. The van der Waals surface area contributed by atoms with Crippen molar-refractivity contribution >= 4 is 28.9 Å². The van der Waals surface area contributed by atoms with E-state index in [-0.39, 0.29) is 0 Å². The predicted octanol–water partition coefficient (Wildman–Crippen LogP) is 2.03. The third kappa shape index (κ3) is 0.987. The lowest BCUT2D eigenvalue weighted by molar-refractivity contribution is 0.111. The van der Waals surface area contributed by atoms with Gasteiger partial charge in [-0.15, -0.1) is 0 Å². The van der Waals surface area contributed by atoms with Gasteiger partial charge < -0.3 is 4.98 Å². The van der Waals surface area contributed by atoms with Crippen LogP contribution in [0.25, 0.3) is 11.0 Å². The summed E-state index contributed by atoms with van der Waals surface area (Å²) in [5.74, 6) is 0. The van der Waals surface area contributed by atoms with Crippen molar-refractivity contribution in [1.29, 1.82) is 0 Å². The Morgan fingerprint density at radius 1 is 1.50 bits per heavy atom. The van der Waals surface area contributed by atoms with Crippen molar-refractivity contribution in [3.05, 3.63) is 29.0 Å². The van der Waals surface area contributed by atoms with Gasteiger partial charge in [0.15, 0.2) is 6.29 Å². The average Bonchev–Trinajstić information content (AvgIpc) is 2.47. The number of aldehydes is 1. The molecular formula is C8H5ClN2O. The molecule has 0 saturated heterocycles. The van der Waals surface area contributed by atoms with Crippen molar-refractivity contribution in [3.63, 3.8) is 0 Å². The number of aromatic nitrogens is 2. The van der Waals surface area contributed by atoms with Crippen LogP contribution in [0.3, 0.4) is 0 Å². The molecule has 0 saturated carbocycles. The highest BCUT2D eigenvalue weighted by Gasteiger charge is 2.02. The summed E-state index contributed by atoms with van der Waals surface area (Å²) >= 11 is 5.79. The molecular weight excluding hydrogens is 176 g/mol. The number of H-pyrrole nitrogens is 1. The fraction of sp³-hybridized carbons (Fsp3) is 0. The zero-order chi connectivity index (χ0) is 8.55. The van der Waals surface area contributed by atoms with E-state index in [2.05, 4.69) is 9.97 Å². The zero-order valence-corrected chi connectivity index (χ0v) is 6.80. The van der Waals surface area contributed by atoms with Crippen LogP contribution in [0.4, 0.5) is 0 Å². The Kier molecular flexibility index (Phi) is 1.59. The van der Waals surface area contributed by atoms with Crippen LogP contribution in [0, 0.1) is 0 Å². The Bertz CT molecular complexity index is 436. The van der Waals surface area contributed by atoms with Crippen molar-refractivity contribution in [3.8, 4) is 0 Å². The van der Waals surface area contributed by atoms with Crippen LogP contribution in [-0.2, 0) is 0 Å².